The summed E-state index contributed by atoms with van der Waals surface area (Å²) < 4.78 is 64.4. The van der Waals surface area contributed by atoms with Crippen LogP contribution in [-0.2, 0) is 16.2 Å². The molecule has 6 nitrogen and oxygen atoms in total. The average Bonchev–Trinajstić information content (AvgIpc) is 3.21. The van der Waals surface area contributed by atoms with Crippen LogP contribution in [-0.4, -0.2) is 24.7 Å². The Morgan fingerprint density at radius 3 is 2.48 bits per heavy atom. The second-order valence-electron chi connectivity index (χ2n) is 4.59. The van der Waals surface area contributed by atoms with Gasteiger partial charge in [0.15, 0.2) is 5.84 Å². The molecule has 0 heterocycles. The average molecular weight is 323 g/mol. The van der Waals surface area contributed by atoms with Gasteiger partial charge in [0.05, 0.1) is 10.8 Å². The van der Waals surface area contributed by atoms with Gasteiger partial charge in [-0.2, -0.15) is 13.2 Å². The van der Waals surface area contributed by atoms with Crippen molar-refractivity contribution in [2.45, 2.75) is 24.3 Å². The molecule has 1 aromatic rings. The number of anilines is 1. The van der Waals surface area contributed by atoms with E-state index in [-0.39, 0.29) is 5.69 Å². The summed E-state index contributed by atoms with van der Waals surface area (Å²) in [6, 6.07) is 2.69. The summed E-state index contributed by atoms with van der Waals surface area (Å²) in [5.41, 5.74) is 3.26. The van der Waals surface area contributed by atoms with Crippen LogP contribution in [0.2, 0.25) is 0 Å². The number of nitrogens with zero attached hydrogens (tertiary/aromatic N) is 1. The zero-order valence-corrected chi connectivity index (χ0v) is 11.4. The number of hydrogen-bond acceptors (Lipinski definition) is 4. The summed E-state index contributed by atoms with van der Waals surface area (Å²) >= 11 is 0. The van der Waals surface area contributed by atoms with Gasteiger partial charge in [0.1, 0.15) is 0 Å². The molecule has 0 amide bonds. The van der Waals surface area contributed by atoms with Gasteiger partial charge < -0.3 is 10.9 Å². The molecule has 21 heavy (non-hydrogen) atoms. The van der Waals surface area contributed by atoms with Gasteiger partial charge in [0.2, 0.25) is 10.0 Å². The number of oxime groups is 1. The van der Waals surface area contributed by atoms with E-state index in [1.807, 2.05) is 0 Å². The Labute approximate surface area is 118 Å². The first-order chi connectivity index (χ1) is 9.65. The number of halogens is 3. The Balaban J connectivity index is 2.42. The molecule has 0 saturated heterocycles. The Bertz CT molecular complexity index is 682. The van der Waals surface area contributed by atoms with Crippen LogP contribution >= 0.6 is 0 Å². The second kappa shape index (κ2) is 5.10. The highest BCUT2D eigenvalue weighted by molar-refractivity contribution is 7.93. The lowest BCUT2D eigenvalue weighted by Gasteiger charge is -2.14. The van der Waals surface area contributed by atoms with Crippen LogP contribution in [0.15, 0.2) is 23.4 Å². The molecule has 0 atom stereocenters. The van der Waals surface area contributed by atoms with Crippen LogP contribution in [0.25, 0.3) is 0 Å². The number of amidine groups is 1. The van der Waals surface area contributed by atoms with Crippen molar-refractivity contribution in [1.82, 2.24) is 0 Å². The summed E-state index contributed by atoms with van der Waals surface area (Å²) in [6.07, 6.45) is -3.79. The van der Waals surface area contributed by atoms with Crippen molar-refractivity contribution < 1.29 is 26.8 Å². The maximum atomic E-state index is 13.0. The van der Waals surface area contributed by atoms with Crippen molar-refractivity contribution in [1.29, 1.82) is 0 Å². The fraction of sp³-hybridized carbons (Fsp3) is 0.364. The van der Waals surface area contributed by atoms with Crippen molar-refractivity contribution in [2.24, 2.45) is 10.9 Å². The lowest BCUT2D eigenvalue weighted by atomic mass is 10.1. The Morgan fingerprint density at radius 1 is 1.38 bits per heavy atom. The lowest BCUT2D eigenvalue weighted by molar-refractivity contribution is -0.137. The minimum atomic E-state index is -4.77. The third kappa shape index (κ3) is 3.38. The summed E-state index contributed by atoms with van der Waals surface area (Å²) in [7, 11) is -3.67. The highest BCUT2D eigenvalue weighted by Gasteiger charge is 2.37. The third-order valence-electron chi connectivity index (χ3n) is 2.93. The summed E-state index contributed by atoms with van der Waals surface area (Å²) in [4.78, 5) is 0. The molecule has 0 spiro atoms. The van der Waals surface area contributed by atoms with Crippen molar-refractivity contribution in [3.8, 4) is 0 Å². The van der Waals surface area contributed by atoms with Gasteiger partial charge in [0, 0.05) is 11.3 Å². The van der Waals surface area contributed by atoms with E-state index in [2.05, 4.69) is 9.88 Å². The van der Waals surface area contributed by atoms with Crippen LogP contribution in [0.3, 0.4) is 0 Å². The molecule has 0 radical (unpaired) electrons. The van der Waals surface area contributed by atoms with Crippen molar-refractivity contribution >= 4 is 21.5 Å². The number of nitrogens with one attached hydrogen (secondary N) is 1. The van der Waals surface area contributed by atoms with Gasteiger partial charge in [-0.1, -0.05) is 5.16 Å². The number of alkyl halides is 3. The molecule has 0 aromatic heterocycles. The molecule has 0 aliphatic heterocycles. The molecular weight excluding hydrogens is 311 g/mol. The first kappa shape index (κ1) is 15.4. The van der Waals surface area contributed by atoms with E-state index in [9.17, 15) is 21.6 Å². The van der Waals surface area contributed by atoms with Crippen LogP contribution in [0, 0.1) is 0 Å². The molecule has 116 valence electrons. The number of rotatable bonds is 4. The highest BCUT2D eigenvalue weighted by atomic mass is 32.2. The van der Waals surface area contributed by atoms with Crippen LogP contribution in [0.4, 0.5) is 18.9 Å². The van der Waals surface area contributed by atoms with Gasteiger partial charge in [-0.15, -0.1) is 0 Å². The fourth-order valence-electron chi connectivity index (χ4n) is 1.75. The summed E-state index contributed by atoms with van der Waals surface area (Å²) in [5, 5.41) is 10.5. The maximum absolute atomic E-state index is 13.0. The third-order valence-corrected chi connectivity index (χ3v) is 4.80. The molecule has 0 bridgehead atoms. The van der Waals surface area contributed by atoms with E-state index < -0.39 is 38.4 Å². The standard InChI is InChI=1S/C11H12F3N3O3S/c12-11(13,14)9-5-6(1-4-8(9)10(15)16-18)17-21(19,20)7-2-3-7/h1,4-5,7,17-18H,2-3H2,(H2,15,16). The molecule has 10 heteroatoms. The van der Waals surface area contributed by atoms with E-state index in [4.69, 9.17) is 10.9 Å². The molecule has 1 aliphatic rings. The normalized spacial score (nSPS) is 16.8. The Morgan fingerprint density at radius 2 is 2.00 bits per heavy atom. The minimum absolute atomic E-state index is 0.219. The van der Waals surface area contributed by atoms with Crippen LogP contribution < -0.4 is 10.5 Å². The minimum Gasteiger partial charge on any atom is -0.409 e. The first-order valence-corrected chi connectivity index (χ1v) is 7.40. The number of sulfonamides is 1. The maximum Gasteiger partial charge on any atom is 0.417 e. The molecular formula is C11H12F3N3O3S. The number of hydrogen-bond donors (Lipinski definition) is 3. The molecule has 2 rings (SSSR count). The molecule has 1 saturated carbocycles. The van der Waals surface area contributed by atoms with Gasteiger partial charge in [-0.3, -0.25) is 4.72 Å². The predicted octanol–water partition coefficient (Wildman–Crippen LogP) is 1.70. The Kier molecular flexibility index (Phi) is 3.74. The van der Waals surface area contributed by atoms with E-state index in [1.54, 1.807) is 0 Å². The van der Waals surface area contributed by atoms with Crippen molar-refractivity contribution in [3.63, 3.8) is 0 Å². The van der Waals surface area contributed by atoms with Crippen LogP contribution in [0.1, 0.15) is 24.0 Å². The van der Waals surface area contributed by atoms with Gasteiger partial charge in [0.25, 0.3) is 0 Å². The molecule has 1 aliphatic carbocycles. The predicted molar refractivity (Wildman–Crippen MR) is 69.5 cm³/mol. The fourth-order valence-corrected chi connectivity index (χ4v) is 3.12. The SMILES string of the molecule is NC(=NO)c1ccc(NS(=O)(=O)C2CC2)cc1C(F)(F)F. The zero-order chi connectivity index (χ0) is 15.8. The largest absolute Gasteiger partial charge is 0.417 e. The van der Waals surface area contributed by atoms with E-state index in [0.717, 1.165) is 12.1 Å². The quantitative estimate of drug-likeness (QED) is 0.339. The highest BCUT2D eigenvalue weighted by Crippen LogP contribution is 2.35. The second-order valence-corrected chi connectivity index (χ2v) is 6.55. The summed E-state index contributed by atoms with van der Waals surface area (Å²) in [5.74, 6) is -0.709. The lowest BCUT2D eigenvalue weighted by Crippen LogP contribution is -2.22. The van der Waals surface area contributed by atoms with E-state index in [1.165, 1.54) is 0 Å². The molecule has 0 unspecified atom stereocenters. The van der Waals surface area contributed by atoms with E-state index in [0.29, 0.717) is 18.9 Å². The van der Waals surface area contributed by atoms with Gasteiger partial charge in [-0.25, -0.2) is 8.42 Å². The zero-order valence-electron chi connectivity index (χ0n) is 10.6. The molecule has 1 fully saturated rings. The number of benzene rings is 1. The first-order valence-electron chi connectivity index (χ1n) is 5.86. The summed E-state index contributed by atoms with van der Waals surface area (Å²) in [6.45, 7) is 0. The Hall–Kier alpha value is -1.97. The monoisotopic (exact) mass is 323 g/mol. The molecule has 4 N–H and O–H groups in total. The van der Waals surface area contributed by atoms with Gasteiger partial charge >= 0.3 is 6.18 Å². The van der Waals surface area contributed by atoms with Crippen molar-refractivity contribution in [3.05, 3.63) is 29.3 Å². The van der Waals surface area contributed by atoms with Gasteiger partial charge in [-0.05, 0) is 31.0 Å². The van der Waals surface area contributed by atoms with Crippen LogP contribution in [0.5, 0.6) is 0 Å². The molecule has 1 aromatic carbocycles. The topological polar surface area (TPSA) is 105 Å². The number of nitrogens with two attached hydrogens (primary N) is 1. The van der Waals surface area contributed by atoms with Crippen molar-refractivity contribution in [2.75, 3.05) is 4.72 Å². The smallest absolute Gasteiger partial charge is 0.409 e. The van der Waals surface area contributed by atoms with E-state index >= 15 is 0 Å².